The number of H-pyrrole nitrogens is 1. The maximum atomic E-state index is 12.9. The Labute approximate surface area is 182 Å². The minimum Gasteiger partial charge on any atom is -0.497 e. The average molecular weight is 420 g/mol. The maximum absolute atomic E-state index is 12.9. The summed E-state index contributed by atoms with van der Waals surface area (Å²) in [7, 11) is 1.68. The van der Waals surface area contributed by atoms with Crippen LogP contribution in [-0.2, 0) is 4.79 Å². The highest BCUT2D eigenvalue weighted by Crippen LogP contribution is 2.34. The van der Waals surface area contributed by atoms with Crippen molar-refractivity contribution in [1.29, 1.82) is 0 Å². The van der Waals surface area contributed by atoms with Gasteiger partial charge in [0.15, 0.2) is 0 Å². The summed E-state index contributed by atoms with van der Waals surface area (Å²) in [4.78, 5) is 30.6. The number of hydrogen-bond acceptors (Lipinski definition) is 3. The first-order valence-electron chi connectivity index (χ1n) is 10.8. The van der Waals surface area contributed by atoms with Crippen molar-refractivity contribution in [1.82, 2.24) is 15.2 Å². The smallest absolute Gasteiger partial charge is 0.251 e. The van der Waals surface area contributed by atoms with Gasteiger partial charge in [-0.2, -0.15) is 0 Å². The third kappa shape index (κ3) is 4.43. The van der Waals surface area contributed by atoms with Crippen LogP contribution in [-0.4, -0.2) is 47.9 Å². The average Bonchev–Trinajstić information content (AvgIpc) is 3.21. The number of nitrogens with zero attached hydrogens (tertiary/aromatic N) is 1. The molecule has 31 heavy (non-hydrogen) atoms. The molecule has 0 spiro atoms. The van der Waals surface area contributed by atoms with E-state index < -0.39 is 6.04 Å². The zero-order chi connectivity index (χ0) is 22.0. The number of piperidine rings is 1. The molecule has 6 nitrogen and oxygen atoms in total. The normalized spacial score (nSPS) is 15.6. The van der Waals surface area contributed by atoms with Crippen LogP contribution < -0.4 is 10.1 Å². The number of likely N-dealkylation sites (tertiary alicyclic amines) is 1. The lowest BCUT2D eigenvalue weighted by molar-refractivity contribution is -0.133. The van der Waals surface area contributed by atoms with E-state index in [2.05, 4.69) is 22.6 Å². The molecule has 3 aromatic rings. The van der Waals surface area contributed by atoms with E-state index in [1.165, 1.54) is 10.9 Å². The van der Waals surface area contributed by atoms with Crippen LogP contribution in [0.3, 0.4) is 0 Å². The molecule has 162 valence electrons. The Kier molecular flexibility index (Phi) is 5.98. The number of amides is 2. The van der Waals surface area contributed by atoms with Gasteiger partial charge in [-0.25, -0.2) is 0 Å². The summed E-state index contributed by atoms with van der Waals surface area (Å²) in [6, 6.07) is 12.9. The molecule has 1 aliphatic heterocycles. The lowest BCUT2D eigenvalue weighted by Gasteiger charge is -2.33. The van der Waals surface area contributed by atoms with Gasteiger partial charge in [0.1, 0.15) is 11.8 Å². The summed E-state index contributed by atoms with van der Waals surface area (Å²) in [5.41, 5.74) is 3.97. The largest absolute Gasteiger partial charge is 0.497 e. The quantitative estimate of drug-likeness (QED) is 0.656. The highest BCUT2D eigenvalue weighted by molar-refractivity contribution is 5.97. The van der Waals surface area contributed by atoms with Crippen molar-refractivity contribution in [3.05, 3.63) is 65.4 Å². The fourth-order valence-electron chi connectivity index (χ4n) is 4.40. The number of ether oxygens (including phenoxy) is 1. The Morgan fingerprint density at radius 2 is 1.94 bits per heavy atom. The van der Waals surface area contributed by atoms with Crippen molar-refractivity contribution >= 4 is 22.7 Å². The fourth-order valence-corrected chi connectivity index (χ4v) is 4.40. The molecule has 0 saturated carbocycles. The number of aryl methyl sites for hydroxylation is 1. The number of methoxy groups -OCH3 is 1. The van der Waals surface area contributed by atoms with Gasteiger partial charge in [0.2, 0.25) is 5.91 Å². The molecule has 1 unspecified atom stereocenters. The second-order valence-electron chi connectivity index (χ2n) is 8.32. The molecule has 1 aromatic heterocycles. The molecule has 0 aliphatic carbocycles. The first-order valence-corrected chi connectivity index (χ1v) is 10.8. The topological polar surface area (TPSA) is 74.4 Å². The summed E-state index contributed by atoms with van der Waals surface area (Å²) >= 11 is 0. The molecule has 1 saturated heterocycles. The second kappa shape index (κ2) is 8.84. The van der Waals surface area contributed by atoms with Gasteiger partial charge in [0.05, 0.1) is 7.11 Å². The van der Waals surface area contributed by atoms with E-state index in [1.807, 2.05) is 42.2 Å². The third-order valence-electron chi connectivity index (χ3n) is 6.17. The predicted octanol–water partition coefficient (Wildman–Crippen LogP) is 4.01. The van der Waals surface area contributed by atoms with Crippen LogP contribution in [0.2, 0.25) is 0 Å². The van der Waals surface area contributed by atoms with Crippen LogP contribution >= 0.6 is 0 Å². The Morgan fingerprint density at radius 3 is 2.65 bits per heavy atom. The van der Waals surface area contributed by atoms with Crippen LogP contribution in [0, 0.1) is 6.92 Å². The molecule has 2 amide bonds. The van der Waals surface area contributed by atoms with Gasteiger partial charge in [-0.1, -0.05) is 17.7 Å². The van der Waals surface area contributed by atoms with E-state index in [4.69, 9.17) is 4.74 Å². The third-order valence-corrected chi connectivity index (χ3v) is 6.17. The van der Waals surface area contributed by atoms with Crippen molar-refractivity contribution in [3.8, 4) is 5.75 Å². The summed E-state index contributed by atoms with van der Waals surface area (Å²) in [5, 5.41) is 4.03. The van der Waals surface area contributed by atoms with E-state index in [0.717, 1.165) is 29.7 Å². The van der Waals surface area contributed by atoms with Crippen LogP contribution in [0.4, 0.5) is 0 Å². The number of benzene rings is 2. The highest BCUT2D eigenvalue weighted by atomic mass is 16.5. The molecule has 2 aromatic carbocycles. The first-order chi connectivity index (χ1) is 15.0. The molecule has 0 radical (unpaired) electrons. The van der Waals surface area contributed by atoms with Crippen LogP contribution in [0.5, 0.6) is 5.75 Å². The number of carbonyl (C=O) groups excluding carboxylic acids is 2. The summed E-state index contributed by atoms with van der Waals surface area (Å²) in [6.07, 6.45) is 3.87. The monoisotopic (exact) mass is 419 g/mol. The minimum absolute atomic E-state index is 0.0277. The lowest BCUT2D eigenvalue weighted by atomic mass is 9.89. The Bertz CT molecular complexity index is 1100. The summed E-state index contributed by atoms with van der Waals surface area (Å²) in [6.45, 7) is 5.07. The molecular weight excluding hydrogens is 390 g/mol. The minimum atomic E-state index is -0.554. The second-order valence-corrected chi connectivity index (χ2v) is 8.32. The van der Waals surface area contributed by atoms with Gasteiger partial charge in [-0.3, -0.25) is 9.59 Å². The van der Waals surface area contributed by atoms with Gasteiger partial charge in [-0.15, -0.1) is 0 Å². The van der Waals surface area contributed by atoms with Crippen molar-refractivity contribution in [2.75, 3.05) is 20.2 Å². The van der Waals surface area contributed by atoms with Crippen molar-refractivity contribution in [2.24, 2.45) is 0 Å². The van der Waals surface area contributed by atoms with Gasteiger partial charge >= 0.3 is 0 Å². The Hall–Kier alpha value is -3.28. The van der Waals surface area contributed by atoms with Crippen LogP contribution in [0.15, 0.2) is 48.7 Å². The molecule has 1 fully saturated rings. The summed E-state index contributed by atoms with van der Waals surface area (Å²) in [5.74, 6) is 0.994. The SMILES string of the molecule is COc1ccc2[nH]cc(C3CCN(C(=O)C(C)NC(=O)c4cccc(C)c4)CC3)c2c1. The van der Waals surface area contributed by atoms with E-state index in [-0.39, 0.29) is 11.8 Å². The fraction of sp³-hybridized carbons (Fsp3) is 0.360. The predicted molar refractivity (Wildman–Crippen MR) is 122 cm³/mol. The molecule has 4 rings (SSSR count). The Balaban J connectivity index is 1.37. The molecule has 2 heterocycles. The highest BCUT2D eigenvalue weighted by Gasteiger charge is 2.28. The van der Waals surface area contributed by atoms with E-state index in [9.17, 15) is 9.59 Å². The van der Waals surface area contributed by atoms with Crippen molar-refractivity contribution in [3.63, 3.8) is 0 Å². The maximum Gasteiger partial charge on any atom is 0.251 e. The number of hydrogen-bond donors (Lipinski definition) is 2. The molecule has 2 N–H and O–H groups in total. The zero-order valence-electron chi connectivity index (χ0n) is 18.3. The molecule has 6 heteroatoms. The molecule has 1 aliphatic rings. The van der Waals surface area contributed by atoms with Gasteiger partial charge < -0.3 is 19.9 Å². The number of carbonyl (C=O) groups is 2. The zero-order valence-corrected chi connectivity index (χ0v) is 18.3. The number of nitrogens with one attached hydrogen (secondary N) is 2. The molecular formula is C25H29N3O3. The van der Waals surface area contributed by atoms with E-state index in [0.29, 0.717) is 24.6 Å². The van der Waals surface area contributed by atoms with Crippen LogP contribution in [0.25, 0.3) is 10.9 Å². The molecule has 1 atom stereocenters. The van der Waals surface area contributed by atoms with Crippen molar-refractivity contribution in [2.45, 2.75) is 38.6 Å². The first kappa shape index (κ1) is 21.0. The number of aromatic nitrogens is 1. The van der Waals surface area contributed by atoms with Crippen molar-refractivity contribution < 1.29 is 14.3 Å². The summed E-state index contributed by atoms with van der Waals surface area (Å²) < 4.78 is 5.38. The van der Waals surface area contributed by atoms with E-state index >= 15 is 0 Å². The van der Waals surface area contributed by atoms with Gasteiger partial charge in [-0.05, 0) is 68.5 Å². The van der Waals surface area contributed by atoms with Gasteiger partial charge in [0, 0.05) is 35.8 Å². The standard InChI is InChI=1S/C25H29N3O3/c1-16-5-4-6-19(13-16)24(29)27-17(2)25(30)28-11-9-18(10-12-28)22-15-26-23-8-7-20(31-3)14-21(22)23/h4-8,13-15,17-18,26H,9-12H2,1-3H3,(H,27,29). The number of fused-ring (bicyclic) bond motifs is 1. The lowest BCUT2D eigenvalue weighted by Crippen LogP contribution is -2.49. The number of aromatic amines is 1. The van der Waals surface area contributed by atoms with Crippen LogP contribution in [0.1, 0.15) is 47.2 Å². The Morgan fingerprint density at radius 1 is 1.16 bits per heavy atom. The number of rotatable bonds is 5. The van der Waals surface area contributed by atoms with Gasteiger partial charge in [0.25, 0.3) is 5.91 Å². The molecule has 0 bridgehead atoms. The van der Waals surface area contributed by atoms with E-state index in [1.54, 1.807) is 20.1 Å².